The zero-order chi connectivity index (χ0) is 19.6. The summed E-state index contributed by atoms with van der Waals surface area (Å²) in [5.74, 6) is 1.70. The highest BCUT2D eigenvalue weighted by atomic mass is 16.5. The van der Waals surface area contributed by atoms with Crippen LogP contribution in [0.2, 0.25) is 0 Å². The molecule has 0 rings (SSSR count). The first kappa shape index (κ1) is 25.5. The Morgan fingerprint density at radius 2 is 1.35 bits per heavy atom. The van der Waals surface area contributed by atoms with E-state index >= 15 is 0 Å². The molecule has 0 amide bonds. The Hall–Kier alpha value is -0.530. The van der Waals surface area contributed by atoms with Crippen LogP contribution in [0.5, 0.6) is 0 Å². The van der Waals surface area contributed by atoms with Crippen LogP contribution in [-0.2, 0) is 9.53 Å². The van der Waals surface area contributed by atoms with Crippen molar-refractivity contribution in [3.63, 3.8) is 0 Å². The summed E-state index contributed by atoms with van der Waals surface area (Å²) < 4.78 is 5.74. The highest BCUT2D eigenvalue weighted by molar-refractivity contribution is 5.69. The van der Waals surface area contributed by atoms with Gasteiger partial charge in [0.25, 0.3) is 0 Å². The topological polar surface area (TPSA) is 26.3 Å². The summed E-state index contributed by atoms with van der Waals surface area (Å²) in [5.41, 5.74) is 0. The van der Waals surface area contributed by atoms with Gasteiger partial charge in [0.1, 0.15) is 6.10 Å². The molecule has 0 aliphatic rings. The fourth-order valence-corrected chi connectivity index (χ4v) is 4.03. The van der Waals surface area contributed by atoms with E-state index < -0.39 is 0 Å². The molecular weight excluding hydrogens is 320 g/mol. The van der Waals surface area contributed by atoms with Gasteiger partial charge in [0.2, 0.25) is 0 Å². The fourth-order valence-electron chi connectivity index (χ4n) is 4.03. The lowest BCUT2D eigenvalue weighted by Crippen LogP contribution is -2.18. The van der Waals surface area contributed by atoms with Gasteiger partial charge in [0.15, 0.2) is 0 Å². The van der Waals surface area contributed by atoms with Gasteiger partial charge in [-0.3, -0.25) is 4.79 Å². The number of carbonyl (C=O) groups excluding carboxylic acids is 1. The molecule has 0 saturated heterocycles. The number of hydrogen-bond acceptors (Lipinski definition) is 2. The summed E-state index contributed by atoms with van der Waals surface area (Å²) in [6.07, 6.45) is 17.7. The maximum atomic E-state index is 12.2. The number of hydrogen-bond donors (Lipinski definition) is 0. The summed E-state index contributed by atoms with van der Waals surface area (Å²) in [4.78, 5) is 12.2. The average Bonchev–Trinajstić information content (AvgIpc) is 2.60. The molecule has 3 unspecified atom stereocenters. The maximum absolute atomic E-state index is 12.2. The fraction of sp³-hybridized carbons (Fsp3) is 0.958. The minimum atomic E-state index is 0.0337. The summed E-state index contributed by atoms with van der Waals surface area (Å²) in [6, 6.07) is 0. The second kappa shape index (κ2) is 17.9. The number of rotatable bonds is 18. The van der Waals surface area contributed by atoms with Crippen LogP contribution in [0.1, 0.15) is 131 Å². The zero-order valence-corrected chi connectivity index (χ0v) is 18.7. The summed E-state index contributed by atoms with van der Waals surface area (Å²) in [7, 11) is 0. The molecule has 0 aromatic rings. The van der Waals surface area contributed by atoms with Crippen LogP contribution in [0.4, 0.5) is 0 Å². The van der Waals surface area contributed by atoms with Crippen LogP contribution in [-0.4, -0.2) is 12.1 Å². The van der Waals surface area contributed by atoms with Crippen LogP contribution in [0, 0.1) is 11.8 Å². The monoisotopic (exact) mass is 368 g/mol. The van der Waals surface area contributed by atoms with Gasteiger partial charge in [0.05, 0.1) is 0 Å². The van der Waals surface area contributed by atoms with Gasteiger partial charge in [-0.25, -0.2) is 0 Å². The van der Waals surface area contributed by atoms with E-state index in [2.05, 4.69) is 34.6 Å². The Labute approximate surface area is 164 Å². The van der Waals surface area contributed by atoms with E-state index in [1.54, 1.807) is 0 Å². The van der Waals surface area contributed by atoms with Gasteiger partial charge in [-0.15, -0.1) is 0 Å². The zero-order valence-electron chi connectivity index (χ0n) is 18.7. The van der Waals surface area contributed by atoms with Crippen molar-refractivity contribution in [3.05, 3.63) is 0 Å². The first-order valence-electron chi connectivity index (χ1n) is 11.8. The van der Waals surface area contributed by atoms with Crippen molar-refractivity contribution in [1.82, 2.24) is 0 Å². The van der Waals surface area contributed by atoms with Crippen LogP contribution in [0.15, 0.2) is 0 Å². The van der Waals surface area contributed by atoms with E-state index in [9.17, 15) is 4.79 Å². The maximum Gasteiger partial charge on any atom is 0.306 e. The van der Waals surface area contributed by atoms with Crippen LogP contribution in [0.3, 0.4) is 0 Å². The molecule has 2 nitrogen and oxygen atoms in total. The predicted molar refractivity (Wildman–Crippen MR) is 114 cm³/mol. The Balaban J connectivity index is 4.05. The molecule has 0 aromatic heterocycles. The Kier molecular flexibility index (Phi) is 17.5. The molecule has 156 valence electrons. The standard InChI is InChI=1S/C24H48O2/c1-6-10-19-23(15-9-4)26-24(25)20-12-18-22(14-8-3)17-11-16-21(5)13-7-2/h21-23H,6-20H2,1-5H3. The minimum absolute atomic E-state index is 0.0337. The molecule has 2 heteroatoms. The van der Waals surface area contributed by atoms with Crippen molar-refractivity contribution >= 4 is 5.97 Å². The van der Waals surface area contributed by atoms with Gasteiger partial charge in [-0.1, -0.05) is 98.8 Å². The largest absolute Gasteiger partial charge is 0.462 e. The molecule has 0 saturated carbocycles. The lowest BCUT2D eigenvalue weighted by molar-refractivity contribution is -0.150. The second-order valence-electron chi connectivity index (χ2n) is 8.41. The molecule has 26 heavy (non-hydrogen) atoms. The smallest absolute Gasteiger partial charge is 0.306 e. The van der Waals surface area contributed by atoms with E-state index in [1.807, 2.05) is 0 Å². The quantitative estimate of drug-likeness (QED) is 0.228. The molecule has 0 N–H and O–H groups in total. The van der Waals surface area contributed by atoms with Crippen LogP contribution < -0.4 is 0 Å². The molecular formula is C24H48O2. The third-order valence-electron chi connectivity index (χ3n) is 5.57. The molecule has 0 fully saturated rings. The van der Waals surface area contributed by atoms with Crippen LogP contribution >= 0.6 is 0 Å². The molecule has 0 aliphatic carbocycles. The first-order chi connectivity index (χ1) is 12.6. The lowest BCUT2D eigenvalue weighted by Gasteiger charge is -2.19. The summed E-state index contributed by atoms with van der Waals surface area (Å²) in [6.45, 7) is 11.3. The van der Waals surface area contributed by atoms with E-state index in [1.165, 1.54) is 57.8 Å². The van der Waals surface area contributed by atoms with Gasteiger partial charge >= 0.3 is 5.97 Å². The van der Waals surface area contributed by atoms with Crippen molar-refractivity contribution < 1.29 is 9.53 Å². The Morgan fingerprint density at radius 1 is 0.692 bits per heavy atom. The van der Waals surface area contributed by atoms with E-state index in [4.69, 9.17) is 4.74 Å². The SMILES string of the molecule is CCCCC(CCC)OC(=O)CCCC(CCC)CCCC(C)CCC. The van der Waals surface area contributed by atoms with Gasteiger partial charge < -0.3 is 4.74 Å². The molecule has 0 radical (unpaired) electrons. The van der Waals surface area contributed by atoms with Crippen molar-refractivity contribution in [2.75, 3.05) is 0 Å². The average molecular weight is 369 g/mol. The molecule has 3 atom stereocenters. The van der Waals surface area contributed by atoms with Gasteiger partial charge in [-0.2, -0.15) is 0 Å². The molecule has 0 heterocycles. The number of esters is 1. The molecule has 0 aromatic carbocycles. The highest BCUT2D eigenvalue weighted by Gasteiger charge is 2.15. The number of ether oxygens (including phenoxy) is 1. The van der Waals surface area contributed by atoms with Crippen molar-refractivity contribution in [3.8, 4) is 0 Å². The molecule has 0 bridgehead atoms. The summed E-state index contributed by atoms with van der Waals surface area (Å²) >= 11 is 0. The van der Waals surface area contributed by atoms with Crippen molar-refractivity contribution in [1.29, 1.82) is 0 Å². The van der Waals surface area contributed by atoms with Gasteiger partial charge in [-0.05, 0) is 37.5 Å². The lowest BCUT2D eigenvalue weighted by atomic mass is 9.89. The Morgan fingerprint density at radius 3 is 1.96 bits per heavy atom. The normalized spacial score (nSPS) is 14.8. The van der Waals surface area contributed by atoms with E-state index in [0.29, 0.717) is 6.42 Å². The van der Waals surface area contributed by atoms with Gasteiger partial charge in [0, 0.05) is 6.42 Å². The van der Waals surface area contributed by atoms with Crippen molar-refractivity contribution in [2.24, 2.45) is 11.8 Å². The van der Waals surface area contributed by atoms with Crippen LogP contribution in [0.25, 0.3) is 0 Å². The number of unbranched alkanes of at least 4 members (excludes halogenated alkanes) is 1. The summed E-state index contributed by atoms with van der Waals surface area (Å²) in [5, 5.41) is 0. The van der Waals surface area contributed by atoms with E-state index in [-0.39, 0.29) is 12.1 Å². The molecule has 0 aliphatic heterocycles. The predicted octanol–water partition coefficient (Wildman–Crippen LogP) is 8.08. The minimum Gasteiger partial charge on any atom is -0.462 e. The van der Waals surface area contributed by atoms with E-state index in [0.717, 1.165) is 43.9 Å². The highest BCUT2D eigenvalue weighted by Crippen LogP contribution is 2.24. The number of carbonyl (C=O) groups is 1. The first-order valence-corrected chi connectivity index (χ1v) is 11.8. The third-order valence-corrected chi connectivity index (χ3v) is 5.57. The second-order valence-corrected chi connectivity index (χ2v) is 8.41. The third kappa shape index (κ3) is 14.6. The molecule has 0 spiro atoms. The Bertz CT molecular complexity index is 313. The van der Waals surface area contributed by atoms with Crippen molar-refractivity contribution in [2.45, 2.75) is 137 Å².